The van der Waals surface area contributed by atoms with Gasteiger partial charge in [0.1, 0.15) is 6.54 Å². The molecule has 1 aromatic carbocycles. The molecule has 2 heterocycles. The second-order valence-electron chi connectivity index (χ2n) is 5.26. The number of rotatable bonds is 4. The quantitative estimate of drug-likeness (QED) is 0.758. The summed E-state index contributed by atoms with van der Waals surface area (Å²) in [4.78, 5) is 41.1. The molecule has 0 saturated carbocycles. The van der Waals surface area contributed by atoms with Crippen LogP contribution in [0.5, 0.6) is 0 Å². The molecule has 118 valence electrons. The van der Waals surface area contributed by atoms with E-state index in [-0.39, 0.29) is 23.6 Å². The molecule has 1 aromatic heterocycles. The molecule has 1 aliphatic heterocycles. The molecular weight excluding hydrogens is 302 g/mol. The predicted octanol–water partition coefficient (Wildman–Crippen LogP) is 0.551. The summed E-state index contributed by atoms with van der Waals surface area (Å²) in [6, 6.07) is 6.26. The van der Waals surface area contributed by atoms with Crippen molar-refractivity contribution in [3.8, 4) is 0 Å². The summed E-state index contributed by atoms with van der Waals surface area (Å²) in [6.07, 6.45) is 0. The Morgan fingerprint density at radius 3 is 2.35 bits per heavy atom. The maximum atomic E-state index is 12.1. The van der Waals surface area contributed by atoms with Gasteiger partial charge < -0.3 is 4.84 Å². The number of tetrazole rings is 1. The standard InChI is InChI=1S/C14H13N5O4/c1-8(2)12-15-16-17-18(12)7-11(20)23-19-13(21)9-5-3-4-6-10(9)14(19)22/h3-6,8H,7H2,1-2H3. The first-order valence-electron chi connectivity index (χ1n) is 6.93. The molecule has 2 amide bonds. The normalized spacial score (nSPS) is 13.6. The molecule has 3 rings (SSSR count). The number of amides is 2. The number of hydrogen-bond acceptors (Lipinski definition) is 7. The molecule has 9 heteroatoms. The minimum absolute atomic E-state index is 0.0112. The number of aromatic nitrogens is 4. The summed E-state index contributed by atoms with van der Waals surface area (Å²) in [7, 11) is 0. The summed E-state index contributed by atoms with van der Waals surface area (Å²) in [5, 5.41) is 11.5. The second kappa shape index (κ2) is 5.59. The highest BCUT2D eigenvalue weighted by atomic mass is 16.7. The lowest BCUT2D eigenvalue weighted by Gasteiger charge is -2.13. The second-order valence-corrected chi connectivity index (χ2v) is 5.26. The van der Waals surface area contributed by atoms with Gasteiger partial charge in [0.15, 0.2) is 5.82 Å². The summed E-state index contributed by atoms with van der Waals surface area (Å²) < 4.78 is 1.27. The highest BCUT2D eigenvalue weighted by Gasteiger charge is 2.38. The minimum atomic E-state index is -0.811. The number of fused-ring (bicyclic) bond motifs is 1. The van der Waals surface area contributed by atoms with Gasteiger partial charge in [0, 0.05) is 5.92 Å². The van der Waals surface area contributed by atoms with Gasteiger partial charge in [-0.25, -0.2) is 9.48 Å². The number of carbonyl (C=O) groups excluding carboxylic acids is 3. The molecule has 0 saturated heterocycles. The Balaban J connectivity index is 1.73. The van der Waals surface area contributed by atoms with E-state index in [1.165, 1.54) is 16.8 Å². The molecule has 23 heavy (non-hydrogen) atoms. The fourth-order valence-corrected chi connectivity index (χ4v) is 2.24. The minimum Gasteiger partial charge on any atom is -0.328 e. The smallest absolute Gasteiger partial charge is 0.328 e. The lowest BCUT2D eigenvalue weighted by atomic mass is 10.1. The van der Waals surface area contributed by atoms with E-state index >= 15 is 0 Å². The number of hydroxylamine groups is 2. The summed E-state index contributed by atoms with van der Waals surface area (Å²) >= 11 is 0. The summed E-state index contributed by atoms with van der Waals surface area (Å²) in [6.45, 7) is 3.45. The van der Waals surface area contributed by atoms with Gasteiger partial charge in [-0.05, 0) is 22.6 Å². The number of hydrogen-bond donors (Lipinski definition) is 0. The lowest BCUT2D eigenvalue weighted by Crippen LogP contribution is -2.34. The molecule has 2 aromatic rings. The molecule has 1 aliphatic rings. The van der Waals surface area contributed by atoms with Crippen molar-refractivity contribution in [2.24, 2.45) is 0 Å². The van der Waals surface area contributed by atoms with Crippen molar-refractivity contribution >= 4 is 17.8 Å². The van der Waals surface area contributed by atoms with Crippen molar-refractivity contribution in [2.45, 2.75) is 26.3 Å². The number of imide groups is 1. The van der Waals surface area contributed by atoms with Crippen LogP contribution < -0.4 is 0 Å². The molecule has 9 nitrogen and oxygen atoms in total. The first-order chi connectivity index (χ1) is 11.0. The third-order valence-corrected chi connectivity index (χ3v) is 3.30. The zero-order chi connectivity index (χ0) is 16.6. The van der Waals surface area contributed by atoms with Crippen LogP contribution in [-0.4, -0.2) is 43.1 Å². The lowest BCUT2D eigenvalue weighted by molar-refractivity contribution is -0.169. The van der Waals surface area contributed by atoms with E-state index in [9.17, 15) is 14.4 Å². The highest BCUT2D eigenvalue weighted by Crippen LogP contribution is 2.22. The van der Waals surface area contributed by atoms with Crippen LogP contribution in [0, 0.1) is 0 Å². The molecule has 0 aliphatic carbocycles. The average Bonchev–Trinajstić information content (AvgIpc) is 3.07. The van der Waals surface area contributed by atoms with Crippen molar-refractivity contribution in [1.82, 2.24) is 25.3 Å². The Morgan fingerprint density at radius 2 is 1.78 bits per heavy atom. The Morgan fingerprint density at radius 1 is 1.17 bits per heavy atom. The van der Waals surface area contributed by atoms with Gasteiger partial charge in [0.2, 0.25) is 0 Å². The highest BCUT2D eigenvalue weighted by molar-refractivity contribution is 6.20. The van der Waals surface area contributed by atoms with E-state index in [4.69, 9.17) is 4.84 Å². The van der Waals surface area contributed by atoms with Crippen LogP contribution >= 0.6 is 0 Å². The Labute approximate surface area is 130 Å². The molecule has 0 spiro atoms. The third kappa shape index (κ3) is 2.56. The number of carbonyl (C=O) groups is 3. The predicted molar refractivity (Wildman–Crippen MR) is 74.9 cm³/mol. The van der Waals surface area contributed by atoms with Crippen molar-refractivity contribution in [1.29, 1.82) is 0 Å². The monoisotopic (exact) mass is 315 g/mol. The number of benzene rings is 1. The van der Waals surface area contributed by atoms with E-state index in [0.29, 0.717) is 10.9 Å². The largest absolute Gasteiger partial charge is 0.354 e. The van der Waals surface area contributed by atoms with E-state index in [1.807, 2.05) is 13.8 Å². The van der Waals surface area contributed by atoms with Crippen LogP contribution in [0.4, 0.5) is 0 Å². The molecule has 0 fully saturated rings. The van der Waals surface area contributed by atoms with Crippen LogP contribution in [-0.2, 0) is 16.2 Å². The first-order valence-corrected chi connectivity index (χ1v) is 6.93. The fraction of sp³-hybridized carbons (Fsp3) is 0.286. The Kier molecular flexibility index (Phi) is 3.61. The van der Waals surface area contributed by atoms with Crippen molar-refractivity contribution in [3.63, 3.8) is 0 Å². The van der Waals surface area contributed by atoms with Gasteiger partial charge in [-0.1, -0.05) is 31.0 Å². The molecular formula is C14H13N5O4. The third-order valence-electron chi connectivity index (χ3n) is 3.30. The van der Waals surface area contributed by atoms with Crippen molar-refractivity contribution < 1.29 is 19.2 Å². The van der Waals surface area contributed by atoms with Gasteiger partial charge in [-0.2, -0.15) is 0 Å². The molecule has 0 bridgehead atoms. The van der Waals surface area contributed by atoms with Gasteiger partial charge in [0.25, 0.3) is 11.8 Å². The van der Waals surface area contributed by atoms with E-state index < -0.39 is 17.8 Å². The van der Waals surface area contributed by atoms with Gasteiger partial charge in [-0.15, -0.1) is 5.10 Å². The first kappa shape index (κ1) is 14.8. The van der Waals surface area contributed by atoms with E-state index in [1.54, 1.807) is 12.1 Å². The Bertz CT molecular complexity index is 763. The SMILES string of the molecule is CC(C)c1nnnn1CC(=O)ON1C(=O)c2ccccc2C1=O. The number of nitrogens with zero attached hydrogens (tertiary/aromatic N) is 5. The van der Waals surface area contributed by atoms with Gasteiger partial charge >= 0.3 is 5.97 Å². The van der Waals surface area contributed by atoms with Crippen LogP contribution in [0.25, 0.3) is 0 Å². The summed E-state index contributed by atoms with van der Waals surface area (Å²) in [5.74, 6) is -1.63. The van der Waals surface area contributed by atoms with Crippen LogP contribution in [0.1, 0.15) is 46.3 Å². The van der Waals surface area contributed by atoms with Gasteiger partial charge in [0.05, 0.1) is 11.1 Å². The summed E-state index contributed by atoms with van der Waals surface area (Å²) in [5.41, 5.74) is 0.409. The molecule has 0 N–H and O–H groups in total. The molecule has 0 radical (unpaired) electrons. The molecule has 0 atom stereocenters. The Hall–Kier alpha value is -3.10. The maximum Gasteiger partial charge on any atom is 0.354 e. The topological polar surface area (TPSA) is 107 Å². The van der Waals surface area contributed by atoms with Crippen LogP contribution in [0.2, 0.25) is 0 Å². The average molecular weight is 315 g/mol. The maximum absolute atomic E-state index is 12.1. The van der Waals surface area contributed by atoms with E-state index in [2.05, 4.69) is 15.5 Å². The van der Waals surface area contributed by atoms with Crippen molar-refractivity contribution in [2.75, 3.05) is 0 Å². The zero-order valence-corrected chi connectivity index (χ0v) is 12.5. The van der Waals surface area contributed by atoms with Crippen LogP contribution in [0.15, 0.2) is 24.3 Å². The van der Waals surface area contributed by atoms with E-state index in [0.717, 1.165) is 0 Å². The molecule has 0 unspecified atom stereocenters. The van der Waals surface area contributed by atoms with Gasteiger partial charge in [-0.3, -0.25) is 9.59 Å². The van der Waals surface area contributed by atoms with Crippen LogP contribution in [0.3, 0.4) is 0 Å². The fourth-order valence-electron chi connectivity index (χ4n) is 2.24. The zero-order valence-electron chi connectivity index (χ0n) is 12.5. The van der Waals surface area contributed by atoms with Crippen molar-refractivity contribution in [3.05, 3.63) is 41.2 Å².